The molecule has 0 bridgehead atoms. The first-order valence-electron chi connectivity index (χ1n) is 9.85. The third-order valence-electron chi connectivity index (χ3n) is 5.25. The zero-order chi connectivity index (χ0) is 19.7. The first-order valence-corrected chi connectivity index (χ1v) is 11.2. The van der Waals surface area contributed by atoms with Gasteiger partial charge in [0.2, 0.25) is 0 Å². The molecule has 0 aliphatic heterocycles. The fraction of sp³-hybridized carbons (Fsp3) is 0.360. The van der Waals surface area contributed by atoms with Crippen molar-refractivity contribution in [1.82, 2.24) is 0 Å². The summed E-state index contributed by atoms with van der Waals surface area (Å²) in [7, 11) is -0.766. The Balaban J connectivity index is 2.29. The van der Waals surface area contributed by atoms with E-state index in [-0.39, 0.29) is 10.6 Å². The lowest BCUT2D eigenvalue weighted by atomic mass is 9.85. The van der Waals surface area contributed by atoms with Crippen LogP contribution in [0.25, 0.3) is 0 Å². The number of aromatic hydroxyl groups is 1. The van der Waals surface area contributed by atoms with E-state index >= 15 is 0 Å². The molecule has 0 saturated heterocycles. The molecule has 0 fully saturated rings. The number of phenolic OH excluding ortho intramolecular Hbond substituents is 1. The number of hydrogen-bond donors (Lipinski definition) is 1. The summed E-state index contributed by atoms with van der Waals surface area (Å²) in [6, 6.07) is 15.1. The maximum absolute atomic E-state index is 11.4. The molecule has 2 heteroatoms. The van der Waals surface area contributed by atoms with E-state index in [2.05, 4.69) is 101 Å². The predicted octanol–water partition coefficient (Wildman–Crippen LogP) is 6.10. The predicted molar refractivity (Wildman–Crippen MR) is 120 cm³/mol. The Morgan fingerprint density at radius 2 is 1.63 bits per heavy atom. The molecule has 0 spiro atoms. The highest BCUT2D eigenvalue weighted by atomic mass is 31.1. The first-order chi connectivity index (χ1) is 12.8. The fourth-order valence-electron chi connectivity index (χ4n) is 4.01. The smallest absolute Gasteiger partial charge is 0.127 e. The van der Waals surface area contributed by atoms with Crippen molar-refractivity contribution in [2.24, 2.45) is 0 Å². The molecule has 27 heavy (non-hydrogen) atoms. The molecule has 1 aliphatic rings. The number of benzene rings is 2. The molecule has 0 amide bonds. The van der Waals surface area contributed by atoms with Gasteiger partial charge in [0.15, 0.2) is 0 Å². The second kappa shape index (κ2) is 7.64. The minimum absolute atomic E-state index is 0.0358. The average molecular weight is 378 g/mol. The van der Waals surface area contributed by atoms with Crippen LogP contribution >= 0.6 is 7.92 Å². The molecule has 1 atom stereocenters. The Labute approximate surface area is 165 Å². The molecule has 1 unspecified atom stereocenters. The average Bonchev–Trinajstić information content (AvgIpc) is 3.07. The Bertz CT molecular complexity index is 844. The van der Waals surface area contributed by atoms with Crippen molar-refractivity contribution in [3.05, 3.63) is 77.9 Å². The van der Waals surface area contributed by atoms with Gasteiger partial charge in [-0.15, -0.1) is 0 Å². The molecule has 1 N–H and O–H groups in total. The quantitative estimate of drug-likeness (QED) is 0.624. The van der Waals surface area contributed by atoms with E-state index in [1.54, 1.807) is 0 Å². The summed E-state index contributed by atoms with van der Waals surface area (Å²) in [5, 5.41) is 13.8. The van der Waals surface area contributed by atoms with Crippen molar-refractivity contribution in [3.63, 3.8) is 0 Å². The van der Waals surface area contributed by atoms with Gasteiger partial charge in [0.1, 0.15) is 5.75 Å². The normalized spacial score (nSPS) is 16.6. The van der Waals surface area contributed by atoms with Gasteiger partial charge in [-0.1, -0.05) is 94.8 Å². The van der Waals surface area contributed by atoms with Gasteiger partial charge in [-0.05, 0) is 43.6 Å². The summed E-state index contributed by atoms with van der Waals surface area (Å²) in [6.07, 6.45) is 11.2. The third-order valence-corrected chi connectivity index (χ3v) is 8.24. The molecule has 0 radical (unpaired) electrons. The number of rotatable bonds is 5. The molecule has 0 aromatic heterocycles. The molecule has 0 saturated carbocycles. The monoisotopic (exact) mass is 378 g/mol. The number of aryl methyl sites for hydroxylation is 1. The van der Waals surface area contributed by atoms with Gasteiger partial charge in [0.25, 0.3) is 0 Å². The molecule has 1 aliphatic carbocycles. The van der Waals surface area contributed by atoms with Crippen LogP contribution in [-0.2, 0) is 5.41 Å². The van der Waals surface area contributed by atoms with Crippen LogP contribution in [-0.4, -0.2) is 10.3 Å². The summed E-state index contributed by atoms with van der Waals surface area (Å²) < 4.78 is 0. The van der Waals surface area contributed by atoms with Crippen LogP contribution in [0.1, 0.15) is 51.7 Å². The van der Waals surface area contributed by atoms with E-state index in [0.29, 0.717) is 5.75 Å². The lowest BCUT2D eigenvalue weighted by Gasteiger charge is -2.37. The summed E-state index contributed by atoms with van der Waals surface area (Å²) >= 11 is 0. The van der Waals surface area contributed by atoms with E-state index in [1.165, 1.54) is 10.9 Å². The molecular formula is C25H31OP. The molecular weight excluding hydrogens is 347 g/mol. The van der Waals surface area contributed by atoms with E-state index in [1.807, 2.05) is 0 Å². The van der Waals surface area contributed by atoms with Gasteiger partial charge < -0.3 is 5.11 Å². The van der Waals surface area contributed by atoms with Crippen molar-refractivity contribution in [2.75, 3.05) is 0 Å². The highest BCUT2D eigenvalue weighted by Crippen LogP contribution is 2.56. The summed E-state index contributed by atoms with van der Waals surface area (Å²) in [4.78, 5) is 0. The van der Waals surface area contributed by atoms with Crippen molar-refractivity contribution in [2.45, 2.75) is 58.0 Å². The van der Waals surface area contributed by atoms with Gasteiger partial charge in [-0.25, -0.2) is 0 Å². The van der Waals surface area contributed by atoms with Gasteiger partial charge >= 0.3 is 0 Å². The summed E-state index contributed by atoms with van der Waals surface area (Å²) in [5.41, 5.74) is 2.16. The molecule has 2 aromatic carbocycles. The summed E-state index contributed by atoms with van der Waals surface area (Å²) in [6.45, 7) is 10.9. The van der Waals surface area contributed by atoms with E-state index in [0.717, 1.165) is 23.7 Å². The van der Waals surface area contributed by atoms with Crippen molar-refractivity contribution < 1.29 is 5.11 Å². The van der Waals surface area contributed by atoms with Gasteiger partial charge in [-0.3, -0.25) is 0 Å². The maximum Gasteiger partial charge on any atom is 0.127 e. The number of phenols is 1. The van der Waals surface area contributed by atoms with Gasteiger partial charge in [-0.2, -0.15) is 0 Å². The standard InChI is InChI=1S/C25H31OP/c1-6-14-25(15-10-11-16-25)27(20-12-8-7-9-13-20)22-18-19(2)17-21(23(22)26)24(3,4)5/h7-13,15-18,26H,6,14H2,1-5H3. The molecule has 3 rings (SSSR count). The second-order valence-electron chi connectivity index (χ2n) is 8.56. The lowest BCUT2D eigenvalue weighted by molar-refractivity contribution is 0.450. The molecule has 2 aromatic rings. The Hall–Kier alpha value is -1.85. The Morgan fingerprint density at radius 3 is 2.19 bits per heavy atom. The van der Waals surface area contributed by atoms with Crippen LogP contribution in [0.3, 0.4) is 0 Å². The third kappa shape index (κ3) is 3.90. The van der Waals surface area contributed by atoms with E-state index in [4.69, 9.17) is 0 Å². The van der Waals surface area contributed by atoms with E-state index in [9.17, 15) is 5.11 Å². The van der Waals surface area contributed by atoms with Crippen LogP contribution < -0.4 is 10.6 Å². The zero-order valence-corrected chi connectivity index (χ0v) is 18.1. The van der Waals surface area contributed by atoms with Crippen molar-refractivity contribution in [1.29, 1.82) is 0 Å². The fourth-order valence-corrected chi connectivity index (χ4v) is 7.27. The topological polar surface area (TPSA) is 20.2 Å². The van der Waals surface area contributed by atoms with Crippen LogP contribution in [0, 0.1) is 6.92 Å². The van der Waals surface area contributed by atoms with Crippen molar-refractivity contribution >= 4 is 18.5 Å². The minimum Gasteiger partial charge on any atom is -0.507 e. The minimum atomic E-state index is -0.766. The highest BCUT2D eigenvalue weighted by Gasteiger charge is 2.39. The second-order valence-corrected chi connectivity index (χ2v) is 11.1. The van der Waals surface area contributed by atoms with Crippen LogP contribution in [0.5, 0.6) is 5.75 Å². The lowest BCUT2D eigenvalue weighted by Crippen LogP contribution is -2.31. The van der Waals surface area contributed by atoms with Crippen LogP contribution in [0.4, 0.5) is 0 Å². The molecule has 1 nitrogen and oxygen atoms in total. The zero-order valence-electron chi connectivity index (χ0n) is 17.2. The molecule has 0 heterocycles. The Kier molecular flexibility index (Phi) is 5.63. The SMILES string of the molecule is CCCC1(P(c2ccccc2)c2cc(C)cc(C(C)(C)C)c2O)C=CC=C1. The van der Waals surface area contributed by atoms with Gasteiger partial charge in [0, 0.05) is 16.0 Å². The molecule has 142 valence electrons. The Morgan fingerprint density at radius 1 is 1.00 bits per heavy atom. The van der Waals surface area contributed by atoms with Gasteiger partial charge in [0.05, 0.1) is 0 Å². The summed E-state index contributed by atoms with van der Waals surface area (Å²) in [5.74, 6) is 0.479. The number of hydrogen-bond acceptors (Lipinski definition) is 1. The maximum atomic E-state index is 11.4. The van der Waals surface area contributed by atoms with Crippen LogP contribution in [0.2, 0.25) is 0 Å². The van der Waals surface area contributed by atoms with Crippen molar-refractivity contribution in [3.8, 4) is 5.75 Å². The highest BCUT2D eigenvalue weighted by molar-refractivity contribution is 7.75. The number of allylic oxidation sites excluding steroid dienone is 4. The largest absolute Gasteiger partial charge is 0.507 e. The van der Waals surface area contributed by atoms with Crippen LogP contribution in [0.15, 0.2) is 66.8 Å². The van der Waals surface area contributed by atoms with E-state index < -0.39 is 7.92 Å². The first kappa shape index (κ1) is 19.9.